The highest BCUT2D eigenvalue weighted by Crippen LogP contribution is 2.51. The van der Waals surface area contributed by atoms with Gasteiger partial charge >= 0.3 is 23.4 Å². The van der Waals surface area contributed by atoms with Crippen molar-refractivity contribution in [3.63, 3.8) is 0 Å². The molecular weight excluding hydrogens is 733 g/mol. The van der Waals surface area contributed by atoms with Crippen LogP contribution in [0.1, 0.15) is 73.0 Å². The van der Waals surface area contributed by atoms with Crippen molar-refractivity contribution in [2.24, 2.45) is 0 Å². The average Bonchev–Trinajstić information content (AvgIpc) is 2.95. The van der Waals surface area contributed by atoms with Crippen molar-refractivity contribution in [1.82, 2.24) is 0 Å². The standard InChI is InChI=1S/C30H34F12O3S3/c31-27(32,33)25(21-13-5-7-15-23(21)44-17-9-1-3-11-19-46-29(37,38)39)48(43)26(28(34,35)36)22-14-6-8-16-24(22)45-18-10-2-4-12-20-47-30(40,41)42/h5-8,13-16,25-26H,1-4,9-12,17-20H2. The molecule has 2 unspecified atom stereocenters. The van der Waals surface area contributed by atoms with Crippen LogP contribution in [0.5, 0.6) is 11.5 Å². The van der Waals surface area contributed by atoms with Crippen molar-refractivity contribution in [2.75, 3.05) is 24.7 Å². The average molecular weight is 767 g/mol. The number of unbranched alkanes of at least 4 members (excludes halogenated alkanes) is 6. The second-order valence-electron chi connectivity index (χ2n) is 10.4. The summed E-state index contributed by atoms with van der Waals surface area (Å²) in [4.78, 5) is 0. The first-order chi connectivity index (χ1) is 22.3. The van der Waals surface area contributed by atoms with Gasteiger partial charge in [-0.15, -0.1) is 0 Å². The minimum Gasteiger partial charge on any atom is -0.493 e. The number of alkyl halides is 12. The van der Waals surface area contributed by atoms with Crippen molar-refractivity contribution >= 4 is 34.3 Å². The van der Waals surface area contributed by atoms with Crippen LogP contribution in [0.15, 0.2) is 48.5 Å². The Morgan fingerprint density at radius 1 is 0.521 bits per heavy atom. The lowest BCUT2D eigenvalue weighted by molar-refractivity contribution is -0.139. The summed E-state index contributed by atoms with van der Waals surface area (Å²) in [6.45, 7) is -0.359. The maximum absolute atomic E-state index is 14.5. The summed E-state index contributed by atoms with van der Waals surface area (Å²) in [5.74, 6) is -1.18. The highest BCUT2D eigenvalue weighted by Gasteiger charge is 2.56. The van der Waals surface area contributed by atoms with E-state index in [1.54, 1.807) is 0 Å². The zero-order valence-electron chi connectivity index (χ0n) is 25.2. The van der Waals surface area contributed by atoms with E-state index in [1.165, 1.54) is 12.1 Å². The molecule has 2 aromatic rings. The summed E-state index contributed by atoms with van der Waals surface area (Å²) in [6, 6.07) is 8.83. The molecule has 274 valence electrons. The topological polar surface area (TPSA) is 35.5 Å². The SMILES string of the molecule is O=S(C(c1ccccc1OCCCCCCSC(F)(F)F)C(F)(F)F)C(c1ccccc1OCCCCCCSC(F)(F)F)C(F)(F)F. The number of para-hydroxylation sites is 2. The van der Waals surface area contributed by atoms with E-state index in [1.807, 2.05) is 0 Å². The van der Waals surface area contributed by atoms with Crippen molar-refractivity contribution in [3.05, 3.63) is 59.7 Å². The summed E-state index contributed by atoms with van der Waals surface area (Å²) >= 11 is -0.337. The van der Waals surface area contributed by atoms with Gasteiger partial charge in [0.25, 0.3) is 0 Å². The lowest BCUT2D eigenvalue weighted by Crippen LogP contribution is -2.34. The monoisotopic (exact) mass is 766 g/mol. The minimum atomic E-state index is -5.41. The lowest BCUT2D eigenvalue weighted by atomic mass is 10.1. The van der Waals surface area contributed by atoms with Gasteiger partial charge < -0.3 is 9.47 Å². The van der Waals surface area contributed by atoms with Crippen molar-refractivity contribution in [3.8, 4) is 11.5 Å². The van der Waals surface area contributed by atoms with Crippen molar-refractivity contribution < 1.29 is 66.4 Å². The number of rotatable bonds is 20. The molecule has 2 rings (SSSR count). The summed E-state index contributed by atoms with van der Waals surface area (Å²) in [6.07, 6.45) is -8.30. The first-order valence-corrected chi connectivity index (χ1v) is 17.9. The number of hydrogen-bond acceptors (Lipinski definition) is 5. The van der Waals surface area contributed by atoms with Gasteiger partial charge in [0.05, 0.1) is 24.0 Å². The molecule has 2 aromatic carbocycles. The normalized spacial score (nSPS) is 14.8. The van der Waals surface area contributed by atoms with Crippen LogP contribution in [-0.2, 0) is 10.8 Å². The third-order valence-electron chi connectivity index (χ3n) is 6.59. The molecule has 0 amide bonds. The minimum absolute atomic E-state index is 0.158. The molecule has 0 N–H and O–H groups in total. The molecule has 0 saturated carbocycles. The molecule has 0 spiro atoms. The van der Waals surface area contributed by atoms with Gasteiger partial charge in [-0.3, -0.25) is 4.21 Å². The van der Waals surface area contributed by atoms with Crippen LogP contribution in [0.25, 0.3) is 0 Å². The molecule has 0 bridgehead atoms. The molecule has 0 saturated heterocycles. The quantitative estimate of drug-likeness (QED) is 0.0991. The van der Waals surface area contributed by atoms with Gasteiger partial charge in [0.1, 0.15) is 11.5 Å². The van der Waals surface area contributed by atoms with Gasteiger partial charge in [0, 0.05) is 22.6 Å². The van der Waals surface area contributed by atoms with E-state index in [2.05, 4.69) is 0 Å². The Hall–Kier alpha value is -1.95. The van der Waals surface area contributed by atoms with Crippen molar-refractivity contribution in [2.45, 2.75) is 85.2 Å². The maximum atomic E-state index is 14.5. The molecule has 0 aliphatic carbocycles. The van der Waals surface area contributed by atoms with Crippen LogP contribution in [0.4, 0.5) is 52.7 Å². The first kappa shape index (κ1) is 42.2. The number of thioether (sulfide) groups is 2. The van der Waals surface area contributed by atoms with Gasteiger partial charge in [-0.2, -0.15) is 52.7 Å². The molecule has 0 aromatic heterocycles. The van der Waals surface area contributed by atoms with E-state index in [4.69, 9.17) is 9.47 Å². The van der Waals surface area contributed by atoms with Gasteiger partial charge in [-0.05, 0) is 37.8 Å². The highest BCUT2D eigenvalue weighted by molar-refractivity contribution is 8.00. The summed E-state index contributed by atoms with van der Waals surface area (Å²) < 4.78 is 185. The van der Waals surface area contributed by atoms with E-state index in [9.17, 15) is 56.9 Å². The fourth-order valence-electron chi connectivity index (χ4n) is 4.51. The Labute approximate surface area is 281 Å². The van der Waals surface area contributed by atoms with E-state index >= 15 is 0 Å². The third-order valence-corrected chi connectivity index (χ3v) is 10.2. The predicted molar refractivity (Wildman–Crippen MR) is 164 cm³/mol. The molecule has 0 aliphatic rings. The van der Waals surface area contributed by atoms with Gasteiger partial charge in [-0.1, -0.05) is 85.6 Å². The van der Waals surface area contributed by atoms with Gasteiger partial charge in [-0.25, -0.2) is 0 Å². The molecule has 0 radical (unpaired) electrons. The van der Waals surface area contributed by atoms with Gasteiger partial charge in [0.15, 0.2) is 10.5 Å². The van der Waals surface area contributed by atoms with E-state index < -0.39 is 67.3 Å². The number of hydrogen-bond donors (Lipinski definition) is 0. The summed E-state index contributed by atoms with van der Waals surface area (Å²) in [5, 5.41) is -6.25. The van der Waals surface area contributed by atoms with E-state index in [0.29, 0.717) is 25.7 Å². The molecule has 0 heterocycles. The largest absolute Gasteiger partial charge is 0.493 e. The number of halogens is 12. The molecule has 18 heteroatoms. The molecule has 0 fully saturated rings. The smallest absolute Gasteiger partial charge is 0.441 e. The van der Waals surface area contributed by atoms with Crippen LogP contribution < -0.4 is 9.47 Å². The fraction of sp³-hybridized carbons (Fsp3) is 0.600. The summed E-state index contributed by atoms with van der Waals surface area (Å²) in [7, 11) is -3.70. The Bertz CT molecular complexity index is 1160. The van der Waals surface area contributed by atoms with Crippen LogP contribution in [-0.4, -0.2) is 52.3 Å². The van der Waals surface area contributed by atoms with E-state index in [0.717, 1.165) is 36.4 Å². The third kappa shape index (κ3) is 15.7. The maximum Gasteiger partial charge on any atom is 0.441 e. The Balaban J connectivity index is 2.17. The predicted octanol–water partition coefficient (Wildman–Crippen LogP) is 11.7. The van der Waals surface area contributed by atoms with Gasteiger partial charge in [0.2, 0.25) is 0 Å². The Morgan fingerprint density at radius 2 is 0.854 bits per heavy atom. The first-order valence-electron chi connectivity index (χ1n) is 14.7. The van der Waals surface area contributed by atoms with Crippen LogP contribution in [0, 0.1) is 0 Å². The van der Waals surface area contributed by atoms with Crippen LogP contribution >= 0.6 is 23.5 Å². The molecule has 0 aliphatic heterocycles. The number of ether oxygens (including phenoxy) is 2. The summed E-state index contributed by atoms with van der Waals surface area (Å²) in [5.41, 5.74) is -10.3. The molecular formula is C30H34F12O3S3. The second-order valence-corrected chi connectivity index (χ2v) is 14.3. The van der Waals surface area contributed by atoms with Crippen LogP contribution in [0.3, 0.4) is 0 Å². The molecule has 48 heavy (non-hydrogen) atoms. The van der Waals surface area contributed by atoms with E-state index in [-0.39, 0.29) is 73.9 Å². The zero-order valence-corrected chi connectivity index (χ0v) is 27.7. The molecule has 2 atom stereocenters. The second kappa shape index (κ2) is 19.4. The lowest BCUT2D eigenvalue weighted by Gasteiger charge is -2.29. The van der Waals surface area contributed by atoms with Crippen LogP contribution in [0.2, 0.25) is 0 Å². The fourth-order valence-corrected chi connectivity index (χ4v) is 7.36. The zero-order chi connectivity index (χ0) is 36.0. The Morgan fingerprint density at radius 3 is 1.19 bits per heavy atom. The van der Waals surface area contributed by atoms with Crippen molar-refractivity contribution in [1.29, 1.82) is 0 Å². The Kier molecular flexibility index (Phi) is 17.1. The number of benzene rings is 2. The highest BCUT2D eigenvalue weighted by atomic mass is 32.2. The molecule has 3 nitrogen and oxygen atoms in total.